The van der Waals surface area contributed by atoms with Gasteiger partial charge in [-0.1, -0.05) is 36.4 Å². The monoisotopic (exact) mass is 305 g/mol. The smallest absolute Gasteiger partial charge is 0.245 e. The summed E-state index contributed by atoms with van der Waals surface area (Å²) >= 11 is 0. The number of sulfonamides is 1. The summed E-state index contributed by atoms with van der Waals surface area (Å²) in [6.07, 6.45) is 0. The number of benzene rings is 2. The normalized spacial score (nSPS) is 11.6. The summed E-state index contributed by atoms with van der Waals surface area (Å²) in [6, 6.07) is 14.3. The van der Waals surface area contributed by atoms with Crippen molar-refractivity contribution in [3.05, 3.63) is 59.7 Å². The zero-order chi connectivity index (χ0) is 15.5. The van der Waals surface area contributed by atoms with E-state index in [1.165, 1.54) is 4.31 Å². The van der Waals surface area contributed by atoms with E-state index >= 15 is 0 Å². The maximum atomic E-state index is 12.7. The van der Waals surface area contributed by atoms with Crippen LogP contribution in [0.2, 0.25) is 0 Å². The number of hydrogen-bond acceptors (Lipinski definition) is 4. The van der Waals surface area contributed by atoms with E-state index in [0.717, 1.165) is 11.1 Å². The van der Waals surface area contributed by atoms with Crippen molar-refractivity contribution in [2.75, 3.05) is 12.5 Å². The number of hydrazine groups is 1. The SMILES string of the molecule is Cc1ccccc1CN(C)S(=O)(=O)c1ccccc1NN. The van der Waals surface area contributed by atoms with Crippen LogP contribution in [-0.4, -0.2) is 19.8 Å². The molecule has 0 unspecified atom stereocenters. The summed E-state index contributed by atoms with van der Waals surface area (Å²) in [5.41, 5.74) is 4.84. The molecule has 21 heavy (non-hydrogen) atoms. The zero-order valence-electron chi connectivity index (χ0n) is 12.1. The summed E-state index contributed by atoms with van der Waals surface area (Å²) in [5.74, 6) is 5.39. The Bertz CT molecular complexity index is 729. The fourth-order valence-electron chi connectivity index (χ4n) is 2.09. The van der Waals surface area contributed by atoms with Gasteiger partial charge in [0, 0.05) is 13.6 Å². The molecule has 0 aliphatic heterocycles. The molecule has 2 rings (SSSR count). The van der Waals surface area contributed by atoms with E-state index in [4.69, 9.17) is 5.84 Å². The summed E-state index contributed by atoms with van der Waals surface area (Å²) in [4.78, 5) is 0.170. The largest absolute Gasteiger partial charge is 0.323 e. The van der Waals surface area contributed by atoms with Crippen LogP contribution in [0.3, 0.4) is 0 Å². The average Bonchev–Trinajstić information content (AvgIpc) is 2.49. The van der Waals surface area contributed by atoms with Gasteiger partial charge < -0.3 is 5.43 Å². The third kappa shape index (κ3) is 3.24. The molecule has 0 aliphatic rings. The second-order valence-electron chi connectivity index (χ2n) is 4.83. The van der Waals surface area contributed by atoms with Gasteiger partial charge in [0.1, 0.15) is 4.90 Å². The van der Waals surface area contributed by atoms with Crippen molar-refractivity contribution >= 4 is 15.7 Å². The minimum absolute atomic E-state index is 0.170. The Hall–Kier alpha value is -1.89. The molecule has 0 aliphatic carbocycles. The van der Waals surface area contributed by atoms with Gasteiger partial charge in [-0.2, -0.15) is 4.31 Å². The van der Waals surface area contributed by atoms with Gasteiger partial charge in [-0.25, -0.2) is 8.42 Å². The van der Waals surface area contributed by atoms with Crippen molar-refractivity contribution in [2.45, 2.75) is 18.4 Å². The number of hydrogen-bond donors (Lipinski definition) is 2. The molecule has 0 saturated heterocycles. The van der Waals surface area contributed by atoms with E-state index in [1.807, 2.05) is 31.2 Å². The molecule has 0 fully saturated rings. The average molecular weight is 305 g/mol. The predicted molar refractivity (Wildman–Crippen MR) is 84.1 cm³/mol. The van der Waals surface area contributed by atoms with Gasteiger partial charge in [0.05, 0.1) is 5.69 Å². The fourth-order valence-corrected chi connectivity index (χ4v) is 3.39. The Morgan fingerprint density at radius 2 is 1.71 bits per heavy atom. The number of nitrogens with zero attached hydrogens (tertiary/aromatic N) is 1. The maximum Gasteiger partial charge on any atom is 0.245 e. The van der Waals surface area contributed by atoms with Crippen LogP contribution >= 0.6 is 0 Å². The van der Waals surface area contributed by atoms with Crippen LogP contribution in [0.1, 0.15) is 11.1 Å². The molecule has 112 valence electrons. The number of rotatable bonds is 5. The van der Waals surface area contributed by atoms with E-state index in [0.29, 0.717) is 12.2 Å². The molecular weight excluding hydrogens is 286 g/mol. The molecule has 2 aromatic rings. The molecule has 0 saturated carbocycles. The molecule has 6 heteroatoms. The first kappa shape index (κ1) is 15.5. The summed E-state index contributed by atoms with van der Waals surface area (Å²) in [6.45, 7) is 2.28. The van der Waals surface area contributed by atoms with Crippen LogP contribution < -0.4 is 11.3 Å². The molecule has 0 aromatic heterocycles. The van der Waals surface area contributed by atoms with Crippen LogP contribution in [-0.2, 0) is 16.6 Å². The van der Waals surface area contributed by atoms with Crippen LogP contribution in [0, 0.1) is 6.92 Å². The molecule has 0 amide bonds. The third-order valence-corrected chi connectivity index (χ3v) is 5.25. The first-order chi connectivity index (χ1) is 9.96. The van der Waals surface area contributed by atoms with Gasteiger partial charge >= 0.3 is 0 Å². The van der Waals surface area contributed by atoms with E-state index in [9.17, 15) is 8.42 Å². The first-order valence-corrected chi connectivity index (χ1v) is 7.97. The van der Waals surface area contributed by atoms with Gasteiger partial charge in [-0.15, -0.1) is 0 Å². The highest BCUT2D eigenvalue weighted by Crippen LogP contribution is 2.24. The zero-order valence-corrected chi connectivity index (χ0v) is 12.9. The van der Waals surface area contributed by atoms with Crippen molar-refractivity contribution in [2.24, 2.45) is 5.84 Å². The lowest BCUT2D eigenvalue weighted by Crippen LogP contribution is -2.28. The molecule has 0 spiro atoms. The molecule has 0 bridgehead atoms. The highest BCUT2D eigenvalue weighted by Gasteiger charge is 2.23. The molecule has 2 aromatic carbocycles. The van der Waals surface area contributed by atoms with Crippen molar-refractivity contribution in [1.82, 2.24) is 4.31 Å². The van der Waals surface area contributed by atoms with Crippen LogP contribution in [0.4, 0.5) is 5.69 Å². The van der Waals surface area contributed by atoms with Gasteiger partial charge in [0.25, 0.3) is 0 Å². The van der Waals surface area contributed by atoms with Crippen molar-refractivity contribution < 1.29 is 8.42 Å². The number of para-hydroxylation sites is 1. The highest BCUT2D eigenvalue weighted by atomic mass is 32.2. The van der Waals surface area contributed by atoms with Gasteiger partial charge in [0.2, 0.25) is 10.0 Å². The lowest BCUT2D eigenvalue weighted by molar-refractivity contribution is 0.466. The lowest BCUT2D eigenvalue weighted by Gasteiger charge is -2.20. The van der Waals surface area contributed by atoms with Crippen LogP contribution in [0.25, 0.3) is 0 Å². The number of aryl methyl sites for hydroxylation is 1. The second-order valence-corrected chi connectivity index (χ2v) is 6.84. The lowest BCUT2D eigenvalue weighted by atomic mass is 10.1. The number of nitrogens with two attached hydrogens (primary N) is 1. The molecule has 0 heterocycles. The minimum Gasteiger partial charge on any atom is -0.323 e. The minimum atomic E-state index is -3.61. The Morgan fingerprint density at radius 3 is 2.38 bits per heavy atom. The van der Waals surface area contributed by atoms with Crippen LogP contribution in [0.5, 0.6) is 0 Å². The molecule has 0 atom stereocenters. The van der Waals surface area contributed by atoms with Gasteiger partial charge in [-0.3, -0.25) is 5.84 Å². The second kappa shape index (κ2) is 6.26. The Kier molecular flexibility index (Phi) is 4.62. The first-order valence-electron chi connectivity index (χ1n) is 6.53. The molecular formula is C15H19N3O2S. The Labute approximate surface area is 125 Å². The van der Waals surface area contributed by atoms with Crippen molar-refractivity contribution in [1.29, 1.82) is 0 Å². The fraction of sp³-hybridized carbons (Fsp3) is 0.200. The summed E-state index contributed by atoms with van der Waals surface area (Å²) in [5, 5.41) is 0. The Morgan fingerprint density at radius 1 is 1.10 bits per heavy atom. The number of anilines is 1. The number of nitrogens with one attached hydrogen (secondary N) is 1. The molecule has 0 radical (unpaired) electrons. The van der Waals surface area contributed by atoms with Crippen molar-refractivity contribution in [3.63, 3.8) is 0 Å². The summed E-state index contributed by atoms with van der Waals surface area (Å²) in [7, 11) is -2.04. The van der Waals surface area contributed by atoms with Gasteiger partial charge in [-0.05, 0) is 30.2 Å². The molecule has 5 nitrogen and oxygen atoms in total. The van der Waals surface area contributed by atoms with Crippen LogP contribution in [0.15, 0.2) is 53.4 Å². The van der Waals surface area contributed by atoms with E-state index in [-0.39, 0.29) is 4.90 Å². The van der Waals surface area contributed by atoms with E-state index in [1.54, 1.807) is 31.3 Å². The van der Waals surface area contributed by atoms with Crippen molar-refractivity contribution in [3.8, 4) is 0 Å². The number of nitrogen functional groups attached to an aromatic ring is 1. The third-order valence-electron chi connectivity index (χ3n) is 3.39. The summed E-state index contributed by atoms with van der Waals surface area (Å²) < 4.78 is 26.6. The van der Waals surface area contributed by atoms with E-state index < -0.39 is 10.0 Å². The van der Waals surface area contributed by atoms with Gasteiger partial charge in [0.15, 0.2) is 0 Å². The quantitative estimate of drug-likeness (QED) is 0.655. The highest BCUT2D eigenvalue weighted by molar-refractivity contribution is 7.89. The molecule has 3 N–H and O–H groups in total. The standard InChI is InChI=1S/C15H19N3O2S/c1-12-7-3-4-8-13(12)11-18(2)21(19,20)15-10-6-5-9-14(15)17-16/h3-10,17H,11,16H2,1-2H3. The predicted octanol–water partition coefficient (Wildman–Crippen LogP) is 2.10. The topological polar surface area (TPSA) is 75.4 Å². The van der Waals surface area contributed by atoms with E-state index in [2.05, 4.69) is 5.43 Å². The Balaban J connectivity index is 2.33. The maximum absolute atomic E-state index is 12.7.